The van der Waals surface area contributed by atoms with Crippen molar-refractivity contribution < 1.29 is 18.0 Å². The normalized spacial score (nSPS) is 13.0. The first-order valence-electron chi connectivity index (χ1n) is 7.73. The maximum atomic E-state index is 13.0. The van der Waals surface area contributed by atoms with Crippen molar-refractivity contribution >= 4 is 34.8 Å². The molecule has 2 aromatic carbocycles. The molecule has 0 saturated carbocycles. The standard InChI is InChI=1S/C19H16Cl2F3NO/c1-2-3-10-25(16-9-5-7-14(12-16)19(22,23)24)18(26)17(21)13-6-4-8-15(20)11-13/h2-9,11-12,17H,10H2,1H3. The Morgan fingerprint density at radius 1 is 1.19 bits per heavy atom. The molecule has 0 aromatic heterocycles. The van der Waals surface area contributed by atoms with E-state index in [0.29, 0.717) is 10.6 Å². The Morgan fingerprint density at radius 3 is 2.50 bits per heavy atom. The Kier molecular flexibility index (Phi) is 6.73. The van der Waals surface area contributed by atoms with Gasteiger partial charge in [-0.3, -0.25) is 4.79 Å². The van der Waals surface area contributed by atoms with Crippen molar-refractivity contribution in [3.8, 4) is 0 Å². The van der Waals surface area contributed by atoms with Gasteiger partial charge in [-0.05, 0) is 42.8 Å². The molecule has 1 amide bonds. The van der Waals surface area contributed by atoms with E-state index < -0.39 is 23.0 Å². The number of allylic oxidation sites excluding steroid dienone is 1. The maximum Gasteiger partial charge on any atom is 0.416 e. The molecule has 0 aliphatic heterocycles. The Labute approximate surface area is 159 Å². The van der Waals surface area contributed by atoms with Crippen molar-refractivity contribution in [1.29, 1.82) is 0 Å². The van der Waals surface area contributed by atoms with E-state index in [-0.39, 0.29) is 12.2 Å². The highest BCUT2D eigenvalue weighted by molar-refractivity contribution is 6.33. The predicted octanol–water partition coefficient (Wildman–Crippen LogP) is 6.25. The van der Waals surface area contributed by atoms with Crippen molar-refractivity contribution in [2.45, 2.75) is 18.5 Å². The summed E-state index contributed by atoms with van der Waals surface area (Å²) in [6.45, 7) is 1.85. The number of carbonyl (C=O) groups is 1. The molecule has 1 unspecified atom stereocenters. The first-order valence-corrected chi connectivity index (χ1v) is 8.55. The molecule has 1 atom stereocenters. The van der Waals surface area contributed by atoms with Crippen LogP contribution in [0, 0.1) is 0 Å². The summed E-state index contributed by atoms with van der Waals surface area (Å²) in [7, 11) is 0. The number of carbonyl (C=O) groups excluding carboxylic acids is 1. The average molecular weight is 402 g/mol. The Balaban J connectivity index is 2.39. The van der Waals surface area contributed by atoms with Crippen LogP contribution in [0.3, 0.4) is 0 Å². The lowest BCUT2D eigenvalue weighted by molar-refractivity contribution is -0.137. The zero-order chi connectivity index (χ0) is 19.3. The summed E-state index contributed by atoms with van der Waals surface area (Å²) in [5.74, 6) is -0.536. The number of amides is 1. The van der Waals surface area contributed by atoms with Crippen molar-refractivity contribution in [3.05, 3.63) is 76.8 Å². The van der Waals surface area contributed by atoms with Crippen LogP contribution in [0.5, 0.6) is 0 Å². The lowest BCUT2D eigenvalue weighted by Crippen LogP contribution is -2.34. The van der Waals surface area contributed by atoms with Gasteiger partial charge in [0.2, 0.25) is 5.91 Å². The van der Waals surface area contributed by atoms with Gasteiger partial charge in [0.15, 0.2) is 0 Å². The minimum absolute atomic E-state index is 0.0976. The van der Waals surface area contributed by atoms with E-state index in [9.17, 15) is 18.0 Å². The number of alkyl halides is 4. The van der Waals surface area contributed by atoms with Crippen LogP contribution in [0.25, 0.3) is 0 Å². The molecule has 0 heterocycles. The minimum Gasteiger partial charge on any atom is -0.307 e. The van der Waals surface area contributed by atoms with Crippen LogP contribution < -0.4 is 4.90 Å². The number of anilines is 1. The first kappa shape index (κ1) is 20.3. The highest BCUT2D eigenvalue weighted by Crippen LogP contribution is 2.33. The van der Waals surface area contributed by atoms with Gasteiger partial charge in [0.1, 0.15) is 5.38 Å². The molecule has 7 heteroatoms. The third-order valence-corrected chi connectivity index (χ3v) is 4.31. The molecule has 0 saturated heterocycles. The molecule has 2 nitrogen and oxygen atoms in total. The number of hydrogen-bond acceptors (Lipinski definition) is 1. The van der Waals surface area contributed by atoms with Gasteiger partial charge in [-0.15, -0.1) is 11.6 Å². The van der Waals surface area contributed by atoms with Crippen molar-refractivity contribution in [1.82, 2.24) is 0 Å². The van der Waals surface area contributed by atoms with E-state index >= 15 is 0 Å². The molecule has 0 fully saturated rings. The summed E-state index contributed by atoms with van der Waals surface area (Å²) in [6.07, 6.45) is -1.13. The molecular formula is C19H16Cl2F3NO. The van der Waals surface area contributed by atoms with Crippen molar-refractivity contribution in [2.24, 2.45) is 0 Å². The van der Waals surface area contributed by atoms with Gasteiger partial charge in [0, 0.05) is 17.3 Å². The molecular weight excluding hydrogens is 386 g/mol. The largest absolute Gasteiger partial charge is 0.416 e. The minimum atomic E-state index is -4.50. The molecule has 2 aromatic rings. The quantitative estimate of drug-likeness (QED) is 0.428. The number of nitrogens with zero attached hydrogens (tertiary/aromatic N) is 1. The number of halogens is 5. The fraction of sp³-hybridized carbons (Fsp3) is 0.211. The second kappa shape index (κ2) is 8.60. The van der Waals surface area contributed by atoms with Crippen LogP contribution in [0.4, 0.5) is 18.9 Å². The van der Waals surface area contributed by atoms with E-state index in [4.69, 9.17) is 23.2 Å². The zero-order valence-electron chi connectivity index (χ0n) is 13.8. The summed E-state index contributed by atoms with van der Waals surface area (Å²) in [4.78, 5) is 14.1. The van der Waals surface area contributed by atoms with E-state index in [1.54, 1.807) is 43.3 Å². The van der Waals surface area contributed by atoms with E-state index in [2.05, 4.69) is 0 Å². The lowest BCUT2D eigenvalue weighted by Gasteiger charge is -2.25. The van der Waals surface area contributed by atoms with Gasteiger partial charge in [-0.2, -0.15) is 13.2 Å². The molecule has 0 aliphatic rings. The van der Waals surface area contributed by atoms with Gasteiger partial charge >= 0.3 is 6.18 Å². The zero-order valence-corrected chi connectivity index (χ0v) is 15.3. The third kappa shape index (κ3) is 5.02. The summed E-state index contributed by atoms with van der Waals surface area (Å²) in [5.41, 5.74) is -0.237. The molecule has 0 N–H and O–H groups in total. The summed E-state index contributed by atoms with van der Waals surface area (Å²) in [6, 6.07) is 11.1. The monoisotopic (exact) mass is 401 g/mol. The van der Waals surface area contributed by atoms with Gasteiger partial charge in [-0.25, -0.2) is 0 Å². The molecule has 26 heavy (non-hydrogen) atoms. The molecule has 2 rings (SSSR count). The van der Waals surface area contributed by atoms with Gasteiger partial charge in [-0.1, -0.05) is 42.0 Å². The fourth-order valence-electron chi connectivity index (χ4n) is 2.33. The topological polar surface area (TPSA) is 20.3 Å². The second-order valence-corrected chi connectivity index (χ2v) is 6.36. The van der Waals surface area contributed by atoms with Gasteiger partial charge in [0.05, 0.1) is 5.56 Å². The van der Waals surface area contributed by atoms with E-state index in [1.165, 1.54) is 17.0 Å². The lowest BCUT2D eigenvalue weighted by atomic mass is 10.1. The molecule has 138 valence electrons. The Hall–Kier alpha value is -1.98. The second-order valence-electron chi connectivity index (χ2n) is 5.48. The Bertz CT molecular complexity index is 805. The predicted molar refractivity (Wildman–Crippen MR) is 98.7 cm³/mol. The van der Waals surface area contributed by atoms with Crippen LogP contribution >= 0.6 is 23.2 Å². The van der Waals surface area contributed by atoms with E-state index in [0.717, 1.165) is 12.1 Å². The first-order chi connectivity index (χ1) is 12.2. The molecule has 0 bridgehead atoms. The maximum absolute atomic E-state index is 13.0. The summed E-state index contributed by atoms with van der Waals surface area (Å²) >= 11 is 12.2. The number of rotatable bonds is 5. The van der Waals surface area contributed by atoms with Crippen LogP contribution in [0.15, 0.2) is 60.7 Å². The van der Waals surface area contributed by atoms with Gasteiger partial charge in [0.25, 0.3) is 0 Å². The molecule has 0 radical (unpaired) electrons. The summed E-state index contributed by atoms with van der Waals surface area (Å²) in [5, 5.41) is -0.659. The fourth-order valence-corrected chi connectivity index (χ4v) is 2.78. The molecule has 0 spiro atoms. The smallest absolute Gasteiger partial charge is 0.307 e. The van der Waals surface area contributed by atoms with Crippen LogP contribution in [0.2, 0.25) is 5.02 Å². The van der Waals surface area contributed by atoms with Crippen LogP contribution in [-0.2, 0) is 11.0 Å². The van der Waals surface area contributed by atoms with Gasteiger partial charge < -0.3 is 4.90 Å². The van der Waals surface area contributed by atoms with Crippen LogP contribution in [-0.4, -0.2) is 12.5 Å². The highest BCUT2D eigenvalue weighted by atomic mass is 35.5. The highest BCUT2D eigenvalue weighted by Gasteiger charge is 2.32. The number of hydrogen-bond donors (Lipinski definition) is 0. The van der Waals surface area contributed by atoms with Crippen molar-refractivity contribution in [3.63, 3.8) is 0 Å². The van der Waals surface area contributed by atoms with Crippen molar-refractivity contribution in [2.75, 3.05) is 11.4 Å². The summed E-state index contributed by atoms with van der Waals surface area (Å²) < 4.78 is 39.0. The SMILES string of the molecule is CC=CCN(C(=O)C(Cl)c1cccc(Cl)c1)c1cccc(C(F)(F)F)c1. The third-order valence-electron chi connectivity index (χ3n) is 3.63. The van der Waals surface area contributed by atoms with E-state index in [1.807, 2.05) is 0 Å². The molecule has 0 aliphatic carbocycles. The average Bonchev–Trinajstić information content (AvgIpc) is 2.60. The number of benzene rings is 2. The van der Waals surface area contributed by atoms with Crippen LogP contribution in [0.1, 0.15) is 23.4 Å². The Morgan fingerprint density at radius 2 is 1.88 bits per heavy atom.